The zero-order valence-electron chi connectivity index (χ0n) is 12.1. The van der Waals surface area contributed by atoms with Gasteiger partial charge in [0.2, 0.25) is 0 Å². The molecule has 0 spiro atoms. The smallest absolute Gasteiger partial charge is 0.252 e. The number of nitrogens with zero attached hydrogens (tertiary/aromatic N) is 1. The fraction of sp³-hybridized carbons (Fsp3) is 0.429. The monoisotopic (exact) mass is 380 g/mol. The van der Waals surface area contributed by atoms with Gasteiger partial charge in [0.15, 0.2) is 0 Å². The Labute approximate surface area is 145 Å². The molecule has 2 heterocycles. The molecule has 1 atom stereocenters. The summed E-state index contributed by atoms with van der Waals surface area (Å²) in [6, 6.07) is 7.19. The van der Waals surface area contributed by atoms with E-state index < -0.39 is 10.0 Å². The van der Waals surface area contributed by atoms with Crippen LogP contribution < -0.4 is 5.32 Å². The van der Waals surface area contributed by atoms with E-state index in [0.29, 0.717) is 28.2 Å². The molecule has 1 fully saturated rings. The molecule has 1 aliphatic rings. The van der Waals surface area contributed by atoms with E-state index in [2.05, 4.69) is 5.32 Å². The number of halogens is 2. The second-order valence-electron chi connectivity index (χ2n) is 5.32. The number of hydrogen-bond acceptors (Lipinski definition) is 4. The quantitative estimate of drug-likeness (QED) is 0.885. The van der Waals surface area contributed by atoms with Crippen molar-refractivity contribution in [2.24, 2.45) is 5.92 Å². The van der Waals surface area contributed by atoms with Crippen molar-refractivity contribution in [2.45, 2.75) is 10.6 Å². The highest BCUT2D eigenvalue weighted by Crippen LogP contribution is 2.34. The SMILES string of the molecule is CNCC1CCN(S(=O)(=O)c2cc3cc(Cl)ccc3s2)C1.Cl. The fourth-order valence-corrected chi connectivity index (χ4v) is 5.96. The number of fused-ring (bicyclic) bond motifs is 1. The zero-order chi connectivity index (χ0) is 15.0. The van der Waals surface area contributed by atoms with Gasteiger partial charge in [0.1, 0.15) is 4.21 Å². The minimum atomic E-state index is -3.38. The van der Waals surface area contributed by atoms with Gasteiger partial charge >= 0.3 is 0 Å². The van der Waals surface area contributed by atoms with Crippen molar-refractivity contribution in [2.75, 3.05) is 26.7 Å². The number of sulfonamides is 1. The maximum atomic E-state index is 12.7. The molecule has 22 heavy (non-hydrogen) atoms. The highest BCUT2D eigenvalue weighted by Gasteiger charge is 2.33. The third-order valence-electron chi connectivity index (χ3n) is 3.79. The fourth-order valence-electron chi connectivity index (χ4n) is 2.71. The standard InChI is InChI=1S/C14H17ClN2O2S2.ClH/c1-16-8-10-4-5-17(9-10)21(18,19)14-7-11-6-12(15)2-3-13(11)20-14;/h2-3,6-7,10,16H,4-5,8-9H2,1H3;1H. The van der Waals surface area contributed by atoms with Crippen LogP contribution in [0.1, 0.15) is 6.42 Å². The third kappa shape index (κ3) is 3.42. The molecule has 0 saturated carbocycles. The summed E-state index contributed by atoms with van der Waals surface area (Å²) in [5, 5.41) is 4.63. The predicted octanol–water partition coefficient (Wildman–Crippen LogP) is 3.21. The minimum absolute atomic E-state index is 0. The van der Waals surface area contributed by atoms with Crippen LogP contribution >= 0.6 is 35.3 Å². The molecular weight excluding hydrogens is 363 g/mol. The second-order valence-corrected chi connectivity index (χ2v) is 9.01. The van der Waals surface area contributed by atoms with E-state index in [1.165, 1.54) is 11.3 Å². The summed E-state index contributed by atoms with van der Waals surface area (Å²) >= 11 is 7.27. The first kappa shape index (κ1) is 18.0. The molecular formula is C14H18Cl2N2O2S2. The van der Waals surface area contributed by atoms with Crippen molar-refractivity contribution in [1.82, 2.24) is 9.62 Å². The minimum Gasteiger partial charge on any atom is -0.319 e. The van der Waals surface area contributed by atoms with Crippen LogP contribution in [0.3, 0.4) is 0 Å². The Kier molecular flexibility index (Phi) is 5.74. The van der Waals surface area contributed by atoms with Gasteiger partial charge in [-0.25, -0.2) is 8.42 Å². The number of thiophene rings is 1. The Balaban J connectivity index is 0.00000176. The van der Waals surface area contributed by atoms with Gasteiger partial charge in [-0.05, 0) is 55.6 Å². The van der Waals surface area contributed by atoms with Gasteiger partial charge in [-0.1, -0.05) is 11.6 Å². The van der Waals surface area contributed by atoms with Crippen molar-refractivity contribution >= 4 is 55.5 Å². The summed E-state index contributed by atoms with van der Waals surface area (Å²) in [4.78, 5) is 0. The van der Waals surface area contributed by atoms with E-state index in [1.54, 1.807) is 22.5 Å². The average Bonchev–Trinajstić information content (AvgIpc) is 3.05. The molecule has 2 aromatic rings. The molecule has 0 bridgehead atoms. The molecule has 3 rings (SSSR count). The summed E-state index contributed by atoms with van der Waals surface area (Å²) in [6.45, 7) is 2.05. The van der Waals surface area contributed by atoms with Crippen LogP contribution in [-0.4, -0.2) is 39.4 Å². The Morgan fingerprint density at radius 1 is 1.41 bits per heavy atom. The molecule has 0 aliphatic carbocycles. The van der Waals surface area contributed by atoms with Crippen molar-refractivity contribution in [3.05, 3.63) is 29.3 Å². The van der Waals surface area contributed by atoms with Crippen molar-refractivity contribution < 1.29 is 8.42 Å². The van der Waals surface area contributed by atoms with Crippen molar-refractivity contribution in [3.63, 3.8) is 0 Å². The van der Waals surface area contributed by atoms with Gasteiger partial charge in [-0.3, -0.25) is 0 Å². The molecule has 0 radical (unpaired) electrons. The van der Waals surface area contributed by atoms with Crippen LogP contribution in [0, 0.1) is 5.92 Å². The zero-order valence-corrected chi connectivity index (χ0v) is 15.3. The van der Waals surface area contributed by atoms with Gasteiger partial charge in [0, 0.05) is 22.8 Å². The van der Waals surface area contributed by atoms with Gasteiger partial charge in [-0.2, -0.15) is 4.31 Å². The first-order valence-corrected chi connectivity index (χ1v) is 9.48. The molecule has 0 amide bonds. The number of nitrogens with one attached hydrogen (secondary N) is 1. The molecule has 1 N–H and O–H groups in total. The Morgan fingerprint density at radius 3 is 2.91 bits per heavy atom. The van der Waals surface area contributed by atoms with Crippen LogP contribution in [-0.2, 0) is 10.0 Å². The molecule has 1 unspecified atom stereocenters. The first-order valence-electron chi connectivity index (χ1n) is 6.84. The lowest BCUT2D eigenvalue weighted by atomic mass is 10.1. The van der Waals surface area contributed by atoms with Crippen LogP contribution in [0.2, 0.25) is 5.02 Å². The normalized spacial score (nSPS) is 19.5. The second kappa shape index (κ2) is 7.03. The summed E-state index contributed by atoms with van der Waals surface area (Å²) in [5.41, 5.74) is 0. The molecule has 1 aliphatic heterocycles. The van der Waals surface area contributed by atoms with E-state index in [-0.39, 0.29) is 12.4 Å². The van der Waals surface area contributed by atoms with Crippen molar-refractivity contribution in [1.29, 1.82) is 0 Å². The summed E-state index contributed by atoms with van der Waals surface area (Å²) in [7, 11) is -1.49. The summed E-state index contributed by atoms with van der Waals surface area (Å²) < 4.78 is 28.4. The Morgan fingerprint density at radius 2 is 2.18 bits per heavy atom. The Bertz CT molecular complexity index is 761. The predicted molar refractivity (Wildman–Crippen MR) is 94.9 cm³/mol. The lowest BCUT2D eigenvalue weighted by Gasteiger charge is -2.15. The molecule has 1 aromatic carbocycles. The third-order valence-corrected chi connectivity index (χ3v) is 7.46. The largest absolute Gasteiger partial charge is 0.319 e. The van der Waals surface area contributed by atoms with E-state index >= 15 is 0 Å². The maximum absolute atomic E-state index is 12.7. The van der Waals surface area contributed by atoms with Crippen LogP contribution in [0.4, 0.5) is 0 Å². The molecule has 1 saturated heterocycles. The van der Waals surface area contributed by atoms with Crippen LogP contribution in [0.25, 0.3) is 10.1 Å². The summed E-state index contributed by atoms with van der Waals surface area (Å²) in [6.07, 6.45) is 0.913. The number of benzene rings is 1. The molecule has 4 nitrogen and oxygen atoms in total. The highest BCUT2D eigenvalue weighted by molar-refractivity contribution is 7.91. The van der Waals surface area contributed by atoms with Gasteiger partial charge in [-0.15, -0.1) is 23.7 Å². The van der Waals surface area contributed by atoms with Crippen LogP contribution in [0.5, 0.6) is 0 Å². The van der Waals surface area contributed by atoms with Crippen LogP contribution in [0.15, 0.2) is 28.5 Å². The summed E-state index contributed by atoms with van der Waals surface area (Å²) in [5.74, 6) is 0.397. The number of hydrogen-bond donors (Lipinski definition) is 1. The highest BCUT2D eigenvalue weighted by atomic mass is 35.5. The van der Waals surface area contributed by atoms with Crippen molar-refractivity contribution in [3.8, 4) is 0 Å². The lowest BCUT2D eigenvalue weighted by Crippen LogP contribution is -2.29. The first-order chi connectivity index (χ1) is 10.0. The maximum Gasteiger partial charge on any atom is 0.252 e. The Hall–Kier alpha value is -0.370. The van der Waals surface area contributed by atoms with Gasteiger partial charge in [0.25, 0.3) is 10.0 Å². The average molecular weight is 381 g/mol. The number of rotatable bonds is 4. The molecule has 122 valence electrons. The topological polar surface area (TPSA) is 49.4 Å². The van der Waals surface area contributed by atoms with E-state index in [4.69, 9.17) is 11.6 Å². The van der Waals surface area contributed by atoms with E-state index in [0.717, 1.165) is 23.1 Å². The van der Waals surface area contributed by atoms with Gasteiger partial charge < -0.3 is 5.32 Å². The molecule has 1 aromatic heterocycles. The molecule has 8 heteroatoms. The van der Waals surface area contributed by atoms with E-state index in [1.807, 2.05) is 13.1 Å². The van der Waals surface area contributed by atoms with E-state index in [9.17, 15) is 8.42 Å². The lowest BCUT2D eigenvalue weighted by molar-refractivity contribution is 0.452. The van der Waals surface area contributed by atoms with Gasteiger partial charge in [0.05, 0.1) is 0 Å².